The Labute approximate surface area is 180 Å². The van der Waals surface area contributed by atoms with Crippen LogP contribution in [0.2, 0.25) is 0 Å². The van der Waals surface area contributed by atoms with Gasteiger partial charge in [-0.1, -0.05) is 36.4 Å². The van der Waals surface area contributed by atoms with Gasteiger partial charge in [0.25, 0.3) is 5.91 Å². The van der Waals surface area contributed by atoms with Crippen LogP contribution in [0.3, 0.4) is 0 Å². The molecule has 2 N–H and O–H groups in total. The van der Waals surface area contributed by atoms with Crippen molar-refractivity contribution >= 4 is 35.0 Å². The number of hydrogen-bond donors (Lipinski definition) is 2. The Balaban J connectivity index is 1.49. The van der Waals surface area contributed by atoms with Gasteiger partial charge in [-0.3, -0.25) is 9.59 Å². The number of benzene rings is 3. The van der Waals surface area contributed by atoms with Gasteiger partial charge in [0.1, 0.15) is 5.75 Å². The molecule has 0 aliphatic carbocycles. The average Bonchev–Trinajstić information content (AvgIpc) is 2.75. The summed E-state index contributed by atoms with van der Waals surface area (Å²) in [5, 5.41) is 5.77. The fraction of sp³-hybridized carbons (Fsp3) is 0.167. The molecule has 5 nitrogen and oxygen atoms in total. The number of carbonyl (C=O) groups excluding carboxylic acids is 2. The predicted octanol–water partition coefficient (Wildman–Crippen LogP) is 5.05. The van der Waals surface area contributed by atoms with Crippen LogP contribution in [0.4, 0.5) is 11.4 Å². The molecule has 0 atom stereocenters. The molecule has 0 saturated heterocycles. The number of ether oxygens (including phenoxy) is 1. The van der Waals surface area contributed by atoms with Crippen LogP contribution in [-0.2, 0) is 9.59 Å². The lowest BCUT2D eigenvalue weighted by molar-refractivity contribution is -0.118. The molecule has 0 heterocycles. The molecule has 3 aromatic carbocycles. The smallest absolute Gasteiger partial charge is 0.262 e. The van der Waals surface area contributed by atoms with Crippen LogP contribution in [0.15, 0.2) is 77.7 Å². The van der Waals surface area contributed by atoms with Crippen LogP contribution in [-0.4, -0.2) is 24.2 Å². The first-order valence-corrected chi connectivity index (χ1v) is 10.6. The highest BCUT2D eigenvalue weighted by atomic mass is 32.2. The van der Waals surface area contributed by atoms with Crippen LogP contribution in [0.5, 0.6) is 5.75 Å². The van der Waals surface area contributed by atoms with Crippen LogP contribution in [0.1, 0.15) is 11.1 Å². The Morgan fingerprint density at radius 2 is 1.63 bits per heavy atom. The standard InChI is InChI=1S/C24H24N2O3S/c1-17-8-6-13-22(18(17)2)26-24(28)16-30-21-12-7-9-19(14-21)25-23(27)15-29-20-10-4-3-5-11-20/h3-14H,15-16H2,1-2H3,(H,25,27)(H,26,28). The summed E-state index contributed by atoms with van der Waals surface area (Å²) in [6.07, 6.45) is 0. The molecule has 0 fully saturated rings. The molecule has 30 heavy (non-hydrogen) atoms. The Morgan fingerprint density at radius 1 is 0.867 bits per heavy atom. The molecule has 154 valence electrons. The number of hydrogen-bond acceptors (Lipinski definition) is 4. The van der Waals surface area contributed by atoms with E-state index in [2.05, 4.69) is 10.6 Å². The monoisotopic (exact) mass is 420 g/mol. The lowest BCUT2D eigenvalue weighted by Gasteiger charge is -2.11. The van der Waals surface area contributed by atoms with Crippen molar-refractivity contribution in [3.63, 3.8) is 0 Å². The van der Waals surface area contributed by atoms with Gasteiger partial charge < -0.3 is 15.4 Å². The Morgan fingerprint density at radius 3 is 2.43 bits per heavy atom. The minimum absolute atomic E-state index is 0.0698. The second-order valence-electron chi connectivity index (χ2n) is 6.76. The normalized spacial score (nSPS) is 10.3. The molecule has 3 rings (SSSR count). The van der Waals surface area contributed by atoms with Crippen molar-refractivity contribution in [2.24, 2.45) is 0 Å². The number of amides is 2. The number of carbonyl (C=O) groups is 2. The molecule has 0 spiro atoms. The lowest BCUT2D eigenvalue weighted by atomic mass is 10.1. The van der Waals surface area contributed by atoms with E-state index in [0.717, 1.165) is 21.7 Å². The van der Waals surface area contributed by atoms with Gasteiger partial charge in [-0.15, -0.1) is 11.8 Å². The molecule has 0 aliphatic rings. The number of nitrogens with one attached hydrogen (secondary N) is 2. The van der Waals surface area contributed by atoms with E-state index in [1.165, 1.54) is 11.8 Å². The molecule has 0 unspecified atom stereocenters. The van der Waals surface area contributed by atoms with Gasteiger partial charge in [-0.25, -0.2) is 0 Å². The second-order valence-corrected chi connectivity index (χ2v) is 7.81. The minimum atomic E-state index is -0.242. The highest BCUT2D eigenvalue weighted by molar-refractivity contribution is 8.00. The third-order valence-electron chi connectivity index (χ3n) is 4.48. The Bertz CT molecular complexity index is 1020. The van der Waals surface area contributed by atoms with E-state index in [1.54, 1.807) is 18.2 Å². The number of thioether (sulfide) groups is 1. The van der Waals surface area contributed by atoms with Crippen LogP contribution >= 0.6 is 11.8 Å². The quantitative estimate of drug-likeness (QED) is 0.500. The minimum Gasteiger partial charge on any atom is -0.484 e. The summed E-state index contributed by atoms with van der Waals surface area (Å²) in [5.41, 5.74) is 3.70. The molecule has 0 radical (unpaired) electrons. The summed E-state index contributed by atoms with van der Waals surface area (Å²) in [4.78, 5) is 25.3. The van der Waals surface area contributed by atoms with Crippen LogP contribution in [0, 0.1) is 13.8 Å². The fourth-order valence-electron chi connectivity index (χ4n) is 2.75. The lowest BCUT2D eigenvalue weighted by Crippen LogP contribution is -2.20. The highest BCUT2D eigenvalue weighted by Crippen LogP contribution is 2.23. The van der Waals surface area contributed by atoms with E-state index in [-0.39, 0.29) is 24.2 Å². The largest absolute Gasteiger partial charge is 0.484 e. The Hall–Kier alpha value is -3.25. The fourth-order valence-corrected chi connectivity index (χ4v) is 3.50. The molecular weight excluding hydrogens is 396 g/mol. The van der Waals surface area contributed by atoms with Gasteiger partial charge in [0.15, 0.2) is 6.61 Å². The van der Waals surface area contributed by atoms with Crippen molar-refractivity contribution in [1.82, 2.24) is 0 Å². The zero-order valence-corrected chi connectivity index (χ0v) is 17.8. The van der Waals surface area contributed by atoms with Crippen molar-refractivity contribution in [3.05, 3.63) is 83.9 Å². The van der Waals surface area contributed by atoms with Gasteiger partial charge in [-0.05, 0) is 61.4 Å². The van der Waals surface area contributed by atoms with Crippen LogP contribution in [0.25, 0.3) is 0 Å². The van der Waals surface area contributed by atoms with Gasteiger partial charge in [0, 0.05) is 16.3 Å². The van der Waals surface area contributed by atoms with Gasteiger partial charge in [0.2, 0.25) is 5.91 Å². The predicted molar refractivity (Wildman–Crippen MR) is 122 cm³/mol. The summed E-state index contributed by atoms with van der Waals surface area (Å²) in [6.45, 7) is 3.94. The first kappa shape index (κ1) is 21.5. The number of rotatable bonds is 8. The summed E-state index contributed by atoms with van der Waals surface area (Å²) in [5.74, 6) is 0.613. The molecule has 2 amide bonds. The average molecular weight is 421 g/mol. The molecule has 0 aliphatic heterocycles. The second kappa shape index (κ2) is 10.5. The summed E-state index contributed by atoms with van der Waals surface area (Å²) >= 11 is 1.41. The van der Waals surface area contributed by atoms with E-state index in [9.17, 15) is 9.59 Å². The summed E-state index contributed by atoms with van der Waals surface area (Å²) in [7, 11) is 0. The maximum absolute atomic E-state index is 12.3. The van der Waals surface area contributed by atoms with E-state index in [1.807, 2.05) is 68.4 Å². The van der Waals surface area contributed by atoms with Crippen molar-refractivity contribution in [3.8, 4) is 5.75 Å². The van der Waals surface area contributed by atoms with Crippen LogP contribution < -0.4 is 15.4 Å². The topological polar surface area (TPSA) is 67.4 Å². The van der Waals surface area contributed by atoms with Crippen molar-refractivity contribution in [2.45, 2.75) is 18.7 Å². The van der Waals surface area contributed by atoms with Gasteiger partial charge in [-0.2, -0.15) is 0 Å². The van der Waals surface area contributed by atoms with Gasteiger partial charge >= 0.3 is 0 Å². The maximum atomic E-state index is 12.3. The SMILES string of the molecule is Cc1cccc(NC(=O)CSc2cccc(NC(=O)COc3ccccc3)c2)c1C. The van der Waals surface area contributed by atoms with E-state index in [0.29, 0.717) is 11.4 Å². The summed E-state index contributed by atoms with van der Waals surface area (Å²) < 4.78 is 5.45. The molecule has 0 aromatic heterocycles. The summed E-state index contributed by atoms with van der Waals surface area (Å²) in [6, 6.07) is 22.4. The number of aryl methyl sites for hydroxylation is 1. The first-order chi connectivity index (χ1) is 14.5. The van der Waals surface area contributed by atoms with Crippen molar-refractivity contribution in [1.29, 1.82) is 0 Å². The third-order valence-corrected chi connectivity index (χ3v) is 5.47. The molecular formula is C24H24N2O3S. The zero-order chi connectivity index (χ0) is 21.3. The molecule has 0 bridgehead atoms. The van der Waals surface area contributed by atoms with Gasteiger partial charge in [0.05, 0.1) is 5.75 Å². The van der Waals surface area contributed by atoms with E-state index < -0.39 is 0 Å². The first-order valence-electron chi connectivity index (χ1n) is 9.58. The van der Waals surface area contributed by atoms with Crippen molar-refractivity contribution < 1.29 is 14.3 Å². The number of anilines is 2. The number of para-hydroxylation sites is 1. The maximum Gasteiger partial charge on any atom is 0.262 e. The van der Waals surface area contributed by atoms with E-state index in [4.69, 9.17) is 4.74 Å². The molecule has 3 aromatic rings. The molecule has 0 saturated carbocycles. The Kier molecular flexibility index (Phi) is 7.51. The zero-order valence-electron chi connectivity index (χ0n) is 17.0. The van der Waals surface area contributed by atoms with Crippen molar-refractivity contribution in [2.75, 3.05) is 23.0 Å². The highest BCUT2D eigenvalue weighted by Gasteiger charge is 2.08. The molecule has 6 heteroatoms. The third kappa shape index (κ3) is 6.39. The van der Waals surface area contributed by atoms with E-state index >= 15 is 0 Å².